The number of carbonyl (C=O) groups is 2. The molecule has 0 spiro atoms. The van der Waals surface area contributed by atoms with Crippen LogP contribution in [0.2, 0.25) is 0 Å². The Bertz CT molecular complexity index is 844. The molecule has 0 unspecified atom stereocenters. The van der Waals surface area contributed by atoms with Gasteiger partial charge in [-0.25, -0.2) is 0 Å². The summed E-state index contributed by atoms with van der Waals surface area (Å²) in [6.07, 6.45) is 0. The van der Waals surface area contributed by atoms with Crippen molar-refractivity contribution in [1.29, 1.82) is 0 Å². The first-order chi connectivity index (χ1) is 13.5. The van der Waals surface area contributed by atoms with E-state index in [0.717, 1.165) is 37.6 Å². The second kappa shape index (κ2) is 8.89. The third kappa shape index (κ3) is 4.51. The van der Waals surface area contributed by atoms with Gasteiger partial charge in [0.1, 0.15) is 5.75 Å². The molecule has 6 heteroatoms. The molecule has 0 radical (unpaired) electrons. The number of piperazine rings is 1. The van der Waals surface area contributed by atoms with Crippen molar-refractivity contribution >= 4 is 23.1 Å². The fourth-order valence-electron chi connectivity index (χ4n) is 3.61. The van der Waals surface area contributed by atoms with Crippen LogP contribution >= 0.6 is 0 Å². The Labute approximate surface area is 166 Å². The minimum atomic E-state index is -0.166. The van der Waals surface area contributed by atoms with Crippen molar-refractivity contribution in [3.05, 3.63) is 54.1 Å². The second-order valence-electron chi connectivity index (χ2n) is 7.17. The van der Waals surface area contributed by atoms with Crippen LogP contribution in [0.15, 0.2) is 48.5 Å². The van der Waals surface area contributed by atoms with Crippen LogP contribution in [0.1, 0.15) is 24.2 Å². The number of nitrogens with one attached hydrogen (secondary N) is 2. The van der Waals surface area contributed by atoms with E-state index in [-0.39, 0.29) is 17.7 Å². The molecule has 1 saturated heterocycles. The zero-order valence-corrected chi connectivity index (χ0v) is 16.7. The standard InChI is InChI=1S/C22H27N3O3/c1-16(22(27)23-19-8-6-7-18(15-19)17(2)26)24-11-13-25(14-12-24)20-9-4-5-10-21(20)28-3/h4-10,15-16H,11-14H2,1-3H3,(H,23,27)/p+1/t16-/m0/s1. The molecule has 0 aromatic heterocycles. The van der Waals surface area contributed by atoms with E-state index < -0.39 is 0 Å². The zero-order valence-electron chi connectivity index (χ0n) is 16.7. The fourth-order valence-corrected chi connectivity index (χ4v) is 3.61. The number of ether oxygens (including phenoxy) is 1. The zero-order chi connectivity index (χ0) is 20.1. The van der Waals surface area contributed by atoms with Crippen LogP contribution in [-0.2, 0) is 4.79 Å². The number of Topliss-reactive ketones (excluding diaryl/α,β-unsaturated/α-hetero) is 1. The van der Waals surface area contributed by atoms with E-state index in [0.29, 0.717) is 11.3 Å². The average Bonchev–Trinajstić information content (AvgIpc) is 2.73. The minimum absolute atomic E-state index is 0.0118. The van der Waals surface area contributed by atoms with Crippen molar-refractivity contribution in [3.8, 4) is 5.75 Å². The van der Waals surface area contributed by atoms with Crippen LogP contribution in [0.5, 0.6) is 5.75 Å². The summed E-state index contributed by atoms with van der Waals surface area (Å²) < 4.78 is 5.47. The van der Waals surface area contributed by atoms with E-state index in [2.05, 4.69) is 16.3 Å². The van der Waals surface area contributed by atoms with Crippen LogP contribution in [0.3, 0.4) is 0 Å². The number of anilines is 2. The molecule has 3 rings (SSSR count). The van der Waals surface area contributed by atoms with Crippen molar-refractivity contribution in [1.82, 2.24) is 0 Å². The van der Waals surface area contributed by atoms with E-state index in [1.54, 1.807) is 25.3 Å². The minimum Gasteiger partial charge on any atom is -0.495 e. The van der Waals surface area contributed by atoms with Crippen molar-refractivity contribution in [2.45, 2.75) is 19.9 Å². The van der Waals surface area contributed by atoms with Gasteiger partial charge in [0.25, 0.3) is 5.91 Å². The lowest BCUT2D eigenvalue weighted by atomic mass is 10.1. The van der Waals surface area contributed by atoms with Gasteiger partial charge in [0.05, 0.1) is 39.0 Å². The molecule has 1 aliphatic heterocycles. The van der Waals surface area contributed by atoms with Gasteiger partial charge in [-0.3, -0.25) is 9.59 Å². The average molecular weight is 382 g/mol. The maximum atomic E-state index is 12.7. The molecule has 0 bridgehead atoms. The van der Waals surface area contributed by atoms with Crippen LogP contribution in [0.4, 0.5) is 11.4 Å². The van der Waals surface area contributed by atoms with E-state index in [9.17, 15) is 9.59 Å². The lowest BCUT2D eigenvalue weighted by Gasteiger charge is -2.36. The predicted octanol–water partition coefficient (Wildman–Crippen LogP) is 1.63. The lowest BCUT2D eigenvalue weighted by molar-refractivity contribution is -0.914. The predicted molar refractivity (Wildman–Crippen MR) is 110 cm³/mol. The first-order valence-electron chi connectivity index (χ1n) is 9.64. The van der Waals surface area contributed by atoms with Gasteiger partial charge in [-0.05, 0) is 38.1 Å². The summed E-state index contributed by atoms with van der Waals surface area (Å²) in [4.78, 5) is 27.8. The Morgan fingerprint density at radius 2 is 1.82 bits per heavy atom. The van der Waals surface area contributed by atoms with Crippen LogP contribution in [0.25, 0.3) is 0 Å². The molecule has 0 aliphatic carbocycles. The van der Waals surface area contributed by atoms with Crippen LogP contribution in [-0.4, -0.2) is 51.0 Å². The monoisotopic (exact) mass is 382 g/mol. The third-order valence-corrected chi connectivity index (χ3v) is 5.37. The molecule has 1 fully saturated rings. The van der Waals surface area contributed by atoms with E-state index in [1.807, 2.05) is 31.2 Å². The highest BCUT2D eigenvalue weighted by Crippen LogP contribution is 2.27. The van der Waals surface area contributed by atoms with Gasteiger partial charge in [-0.15, -0.1) is 0 Å². The van der Waals surface area contributed by atoms with Gasteiger partial charge in [0, 0.05) is 11.3 Å². The number of para-hydroxylation sites is 2. The number of hydrogen-bond acceptors (Lipinski definition) is 4. The van der Waals surface area contributed by atoms with Crippen LogP contribution in [0, 0.1) is 0 Å². The molecular weight excluding hydrogens is 354 g/mol. The van der Waals surface area contributed by atoms with Crippen LogP contribution < -0.4 is 19.9 Å². The number of benzene rings is 2. The first-order valence-corrected chi connectivity index (χ1v) is 9.64. The summed E-state index contributed by atoms with van der Waals surface area (Å²) in [6, 6.07) is 14.9. The molecule has 1 amide bonds. The van der Waals surface area contributed by atoms with Gasteiger partial charge in [-0.1, -0.05) is 24.3 Å². The summed E-state index contributed by atoms with van der Waals surface area (Å²) in [6.45, 7) is 6.97. The van der Waals surface area contributed by atoms with E-state index >= 15 is 0 Å². The smallest absolute Gasteiger partial charge is 0.282 e. The van der Waals surface area contributed by atoms with Crippen molar-refractivity contribution < 1.29 is 19.2 Å². The van der Waals surface area contributed by atoms with Crippen molar-refractivity contribution in [3.63, 3.8) is 0 Å². The lowest BCUT2D eigenvalue weighted by Crippen LogP contribution is -3.19. The summed E-state index contributed by atoms with van der Waals surface area (Å²) in [5.41, 5.74) is 2.36. The molecule has 1 aliphatic rings. The second-order valence-corrected chi connectivity index (χ2v) is 7.17. The summed E-state index contributed by atoms with van der Waals surface area (Å²) >= 11 is 0. The van der Waals surface area contributed by atoms with Gasteiger partial charge in [-0.2, -0.15) is 0 Å². The SMILES string of the molecule is COc1ccccc1N1CC[NH+]([C@@H](C)C(=O)Nc2cccc(C(C)=O)c2)CC1. The Balaban J connectivity index is 1.59. The normalized spacial score (nSPS) is 15.8. The molecular formula is C22H28N3O3+. The third-order valence-electron chi connectivity index (χ3n) is 5.37. The number of carbonyl (C=O) groups excluding carboxylic acids is 2. The van der Waals surface area contributed by atoms with E-state index in [1.165, 1.54) is 11.8 Å². The Hall–Kier alpha value is -2.86. The van der Waals surface area contributed by atoms with Gasteiger partial charge >= 0.3 is 0 Å². The van der Waals surface area contributed by atoms with Gasteiger partial charge in [0.2, 0.25) is 0 Å². The van der Waals surface area contributed by atoms with Crippen molar-refractivity contribution in [2.24, 2.45) is 0 Å². The Morgan fingerprint density at radius 3 is 2.50 bits per heavy atom. The number of quaternary nitrogens is 1. The maximum absolute atomic E-state index is 12.7. The highest BCUT2D eigenvalue weighted by Gasteiger charge is 2.30. The quantitative estimate of drug-likeness (QED) is 0.746. The van der Waals surface area contributed by atoms with E-state index in [4.69, 9.17) is 4.74 Å². The van der Waals surface area contributed by atoms with Crippen molar-refractivity contribution in [2.75, 3.05) is 43.5 Å². The highest BCUT2D eigenvalue weighted by molar-refractivity contribution is 5.98. The molecule has 28 heavy (non-hydrogen) atoms. The molecule has 1 heterocycles. The maximum Gasteiger partial charge on any atom is 0.282 e. The molecule has 1 atom stereocenters. The molecule has 2 aromatic carbocycles. The first kappa shape index (κ1) is 19.9. The Morgan fingerprint density at radius 1 is 1.11 bits per heavy atom. The number of amides is 1. The number of hydrogen-bond donors (Lipinski definition) is 2. The molecule has 148 valence electrons. The number of rotatable bonds is 6. The molecule has 2 N–H and O–H groups in total. The van der Waals surface area contributed by atoms with Gasteiger partial charge in [0.15, 0.2) is 11.8 Å². The fraction of sp³-hybridized carbons (Fsp3) is 0.364. The topological polar surface area (TPSA) is 63.1 Å². The Kier molecular flexibility index (Phi) is 6.31. The summed E-state index contributed by atoms with van der Waals surface area (Å²) in [5, 5.41) is 2.95. The molecule has 2 aromatic rings. The number of nitrogens with zero attached hydrogens (tertiary/aromatic N) is 1. The molecule has 6 nitrogen and oxygen atoms in total. The van der Waals surface area contributed by atoms with Gasteiger partial charge < -0.3 is 19.9 Å². The summed E-state index contributed by atoms with van der Waals surface area (Å²) in [7, 11) is 1.69. The molecule has 0 saturated carbocycles. The number of ketones is 1. The number of methoxy groups -OCH3 is 1. The highest BCUT2D eigenvalue weighted by atomic mass is 16.5. The summed E-state index contributed by atoms with van der Waals surface area (Å²) in [5.74, 6) is 0.839. The largest absolute Gasteiger partial charge is 0.495 e.